The van der Waals surface area contributed by atoms with E-state index < -0.39 is 11.9 Å². The van der Waals surface area contributed by atoms with Crippen LogP contribution >= 0.6 is 0 Å². The minimum Gasteiger partial charge on any atom is -0.388 e. The summed E-state index contributed by atoms with van der Waals surface area (Å²) in [6.45, 7) is 11.8. The van der Waals surface area contributed by atoms with Crippen LogP contribution in [-0.2, 0) is 67.2 Å². The van der Waals surface area contributed by atoms with E-state index in [-0.39, 0.29) is 57.5 Å². The second-order valence-corrected chi connectivity index (χ2v) is 13.3. The van der Waals surface area contributed by atoms with Crippen LogP contribution in [0.15, 0.2) is 104 Å². The van der Waals surface area contributed by atoms with Gasteiger partial charge in [-0.25, -0.2) is 0 Å². The lowest BCUT2D eigenvalue weighted by molar-refractivity contribution is -0.148. The molecule has 5 atom stereocenters. The molecule has 1 saturated heterocycles. The van der Waals surface area contributed by atoms with E-state index in [1.165, 1.54) is 0 Å². The van der Waals surface area contributed by atoms with Crippen molar-refractivity contribution < 1.29 is 52.5 Å². The summed E-state index contributed by atoms with van der Waals surface area (Å²) in [6.07, 6.45) is -0.319. The fourth-order valence-electron chi connectivity index (χ4n) is 5.31. The number of aliphatic hydroxyl groups excluding tert-OH is 1. The van der Waals surface area contributed by atoms with Crippen molar-refractivity contribution in [1.82, 2.24) is 0 Å². The monoisotopic (exact) mass is 738 g/mol. The minimum atomic E-state index is -0.856. The first-order chi connectivity index (χ1) is 25.9. The predicted octanol–water partition coefficient (Wildman–Crippen LogP) is 5.52. The van der Waals surface area contributed by atoms with Crippen LogP contribution in [0.25, 0.3) is 0 Å². The summed E-state index contributed by atoms with van der Waals surface area (Å²) < 4.78 is 59.4. The molecule has 1 N–H and O–H groups in total. The Labute approximate surface area is 315 Å². The number of hydrogen-bond acceptors (Lipinski definition) is 11. The highest BCUT2D eigenvalue weighted by molar-refractivity contribution is 5.15. The second kappa shape index (κ2) is 25.1. The lowest BCUT2D eigenvalue weighted by atomic mass is 10.2. The Morgan fingerprint density at radius 3 is 1.42 bits per heavy atom. The summed E-state index contributed by atoms with van der Waals surface area (Å²) >= 11 is 0. The van der Waals surface area contributed by atoms with E-state index in [4.69, 9.17) is 47.4 Å². The van der Waals surface area contributed by atoms with Gasteiger partial charge in [-0.05, 0) is 30.5 Å². The Balaban J connectivity index is 1.20. The van der Waals surface area contributed by atoms with Crippen LogP contribution in [0.3, 0.4) is 0 Å². The Morgan fingerprint density at radius 1 is 0.623 bits per heavy atom. The van der Waals surface area contributed by atoms with Gasteiger partial charge in [0.2, 0.25) is 0 Å². The van der Waals surface area contributed by atoms with E-state index in [1.54, 1.807) is 6.08 Å². The van der Waals surface area contributed by atoms with Gasteiger partial charge in [-0.3, -0.25) is 0 Å². The van der Waals surface area contributed by atoms with E-state index >= 15 is 0 Å². The summed E-state index contributed by atoms with van der Waals surface area (Å²) in [4.78, 5) is 0. The summed E-state index contributed by atoms with van der Waals surface area (Å²) in [6, 6.07) is 29.8. The molecule has 0 radical (unpaired) electrons. The molecule has 0 amide bonds. The molecule has 1 fully saturated rings. The zero-order chi connectivity index (χ0) is 37.4. The van der Waals surface area contributed by atoms with Crippen LogP contribution in [0.2, 0.25) is 0 Å². The highest BCUT2D eigenvalue weighted by atomic mass is 16.7. The maximum absolute atomic E-state index is 10.7. The number of ether oxygens (including phenoxy) is 10. The van der Waals surface area contributed by atoms with E-state index in [1.807, 2.05) is 105 Å². The molecule has 11 heteroatoms. The number of benzene rings is 3. The van der Waals surface area contributed by atoms with Crippen molar-refractivity contribution in [1.29, 1.82) is 0 Å². The predicted molar refractivity (Wildman–Crippen MR) is 200 cm³/mol. The average Bonchev–Trinajstić information content (AvgIpc) is 3.53. The number of rotatable bonds is 29. The fraction of sp³-hybridized carbons (Fsp3) is 0.524. The molecule has 5 unspecified atom stereocenters. The van der Waals surface area contributed by atoms with Crippen molar-refractivity contribution in [2.45, 2.75) is 70.0 Å². The Kier molecular flexibility index (Phi) is 20.2. The van der Waals surface area contributed by atoms with Gasteiger partial charge in [0.25, 0.3) is 0 Å². The van der Waals surface area contributed by atoms with E-state index in [0.29, 0.717) is 59.5 Å². The molecule has 1 aliphatic rings. The van der Waals surface area contributed by atoms with E-state index in [0.717, 1.165) is 16.7 Å². The molecule has 3 aromatic rings. The first-order valence-corrected chi connectivity index (χ1v) is 18.3. The van der Waals surface area contributed by atoms with Crippen LogP contribution in [0.5, 0.6) is 0 Å². The SMILES string of the molecule is C=CCOCC(COCC(COCC(O)COCC(COCC1COC(C)(C)O1)OCc1ccccc1)OCc1ccccc1)OCc1ccccc1. The third-order valence-corrected chi connectivity index (χ3v) is 8.04. The smallest absolute Gasteiger partial charge is 0.163 e. The molecular weight excluding hydrogens is 680 g/mol. The van der Waals surface area contributed by atoms with E-state index in [9.17, 15) is 5.11 Å². The van der Waals surface area contributed by atoms with Crippen LogP contribution in [0, 0.1) is 0 Å². The van der Waals surface area contributed by atoms with Gasteiger partial charge in [-0.15, -0.1) is 6.58 Å². The van der Waals surface area contributed by atoms with Crippen molar-refractivity contribution in [2.75, 3.05) is 72.7 Å². The standard InChI is InChI=1S/C42H58O11/c1-4-20-44-26-38(49-21-34-14-8-5-9-15-34)29-47-30-39(50-22-35-16-10-6-11-17-35)27-45-24-37(43)25-46-28-40(51-23-36-18-12-7-13-19-36)31-48-32-41-33-52-42(2,3)53-41/h4-19,37-41,43H,1,20-33H2,2-3H3. The molecule has 1 aliphatic heterocycles. The van der Waals surface area contributed by atoms with Crippen molar-refractivity contribution in [2.24, 2.45) is 0 Å². The first-order valence-electron chi connectivity index (χ1n) is 18.3. The molecule has 0 saturated carbocycles. The molecule has 4 rings (SSSR count). The molecule has 1 heterocycles. The molecule has 11 nitrogen and oxygen atoms in total. The molecule has 53 heavy (non-hydrogen) atoms. The fourth-order valence-corrected chi connectivity index (χ4v) is 5.31. The maximum Gasteiger partial charge on any atom is 0.163 e. The molecule has 0 aromatic heterocycles. The van der Waals surface area contributed by atoms with Gasteiger partial charge in [0.1, 0.15) is 30.5 Å². The van der Waals surface area contributed by atoms with Gasteiger partial charge in [0, 0.05) is 0 Å². The van der Waals surface area contributed by atoms with E-state index in [2.05, 4.69) is 6.58 Å². The van der Waals surface area contributed by atoms with Crippen molar-refractivity contribution >= 4 is 0 Å². The Morgan fingerprint density at radius 2 is 1.02 bits per heavy atom. The Hall–Kier alpha value is -3.04. The van der Waals surface area contributed by atoms with Gasteiger partial charge in [-0.2, -0.15) is 0 Å². The number of hydrogen-bond donors (Lipinski definition) is 1. The zero-order valence-electron chi connectivity index (χ0n) is 31.3. The Bertz CT molecular complexity index is 1340. The van der Waals surface area contributed by atoms with Crippen LogP contribution in [-0.4, -0.2) is 114 Å². The normalized spacial score (nSPS) is 17.7. The quantitative estimate of drug-likeness (QED) is 0.0718. The topological polar surface area (TPSA) is 113 Å². The summed E-state index contributed by atoms with van der Waals surface area (Å²) in [5, 5.41) is 10.7. The van der Waals surface area contributed by atoms with Gasteiger partial charge < -0.3 is 52.5 Å². The second-order valence-electron chi connectivity index (χ2n) is 13.3. The molecule has 3 aromatic carbocycles. The molecule has 0 bridgehead atoms. The third-order valence-electron chi connectivity index (χ3n) is 8.04. The van der Waals surface area contributed by atoms with Crippen LogP contribution in [0.1, 0.15) is 30.5 Å². The lowest BCUT2D eigenvalue weighted by Gasteiger charge is -2.23. The van der Waals surface area contributed by atoms with Crippen molar-refractivity contribution in [3.05, 3.63) is 120 Å². The molecule has 292 valence electrons. The maximum atomic E-state index is 10.7. The largest absolute Gasteiger partial charge is 0.388 e. The van der Waals surface area contributed by atoms with Crippen molar-refractivity contribution in [3.63, 3.8) is 0 Å². The first kappa shape index (κ1) is 42.7. The zero-order valence-corrected chi connectivity index (χ0v) is 31.3. The van der Waals surface area contributed by atoms with Gasteiger partial charge in [0.15, 0.2) is 5.79 Å². The van der Waals surface area contributed by atoms with Gasteiger partial charge in [-0.1, -0.05) is 97.1 Å². The summed E-state index contributed by atoms with van der Waals surface area (Å²) in [5.74, 6) is -0.610. The number of aliphatic hydroxyl groups is 1. The average molecular weight is 739 g/mol. The van der Waals surface area contributed by atoms with Gasteiger partial charge in [0.05, 0.1) is 92.5 Å². The minimum absolute atomic E-state index is 0.0598. The molecule has 0 aliphatic carbocycles. The van der Waals surface area contributed by atoms with Crippen molar-refractivity contribution in [3.8, 4) is 0 Å². The van der Waals surface area contributed by atoms with Crippen LogP contribution < -0.4 is 0 Å². The highest BCUT2D eigenvalue weighted by Gasteiger charge is 2.32. The molecular formula is C42H58O11. The third kappa shape index (κ3) is 18.7. The van der Waals surface area contributed by atoms with Gasteiger partial charge >= 0.3 is 0 Å². The summed E-state index contributed by atoms with van der Waals surface area (Å²) in [5.41, 5.74) is 3.15. The summed E-state index contributed by atoms with van der Waals surface area (Å²) in [7, 11) is 0. The highest BCUT2D eigenvalue weighted by Crippen LogP contribution is 2.22. The lowest BCUT2D eigenvalue weighted by Crippen LogP contribution is -2.33. The molecule has 0 spiro atoms. The van der Waals surface area contributed by atoms with Crippen LogP contribution in [0.4, 0.5) is 0 Å².